The van der Waals surface area contributed by atoms with Gasteiger partial charge in [-0.15, -0.1) is 11.6 Å². The fourth-order valence-electron chi connectivity index (χ4n) is 1.47. The van der Waals surface area contributed by atoms with Gasteiger partial charge >= 0.3 is 0 Å². The maximum Gasteiger partial charge on any atom is 0.0890 e. The predicted octanol–water partition coefficient (Wildman–Crippen LogP) is 3.19. The van der Waals surface area contributed by atoms with Crippen molar-refractivity contribution in [1.29, 1.82) is 0 Å². The number of alkyl halides is 1. The van der Waals surface area contributed by atoms with Crippen LogP contribution in [0.5, 0.6) is 0 Å². The van der Waals surface area contributed by atoms with E-state index in [-0.39, 0.29) is 5.38 Å². The number of para-hydroxylation sites is 2. The molecule has 1 heterocycles. The van der Waals surface area contributed by atoms with Crippen LogP contribution in [-0.2, 0) is 6.42 Å². The Hall–Kier alpha value is -1.15. The van der Waals surface area contributed by atoms with Crippen LogP contribution in [-0.4, -0.2) is 15.3 Å². The Labute approximate surface area is 94.3 Å². The Balaban J connectivity index is 2.30. The van der Waals surface area contributed by atoms with E-state index < -0.39 is 0 Å². The molecule has 0 N–H and O–H groups in total. The highest BCUT2D eigenvalue weighted by molar-refractivity contribution is 6.20. The third-order valence-corrected chi connectivity index (χ3v) is 2.83. The minimum Gasteiger partial charge on any atom is -0.253 e. The van der Waals surface area contributed by atoms with Gasteiger partial charge in [0.25, 0.3) is 0 Å². The first-order valence-corrected chi connectivity index (χ1v) is 5.58. The molecule has 0 fully saturated rings. The fraction of sp³-hybridized carbons (Fsp3) is 0.333. The number of hydrogen-bond acceptors (Lipinski definition) is 2. The van der Waals surface area contributed by atoms with E-state index in [2.05, 4.69) is 16.9 Å². The lowest BCUT2D eigenvalue weighted by Crippen LogP contribution is -2.03. The molecule has 3 heteroatoms. The van der Waals surface area contributed by atoms with Gasteiger partial charge in [-0.2, -0.15) is 0 Å². The van der Waals surface area contributed by atoms with E-state index in [1.54, 1.807) is 0 Å². The molecule has 0 aliphatic rings. The van der Waals surface area contributed by atoms with Crippen LogP contribution in [0.1, 0.15) is 19.0 Å². The summed E-state index contributed by atoms with van der Waals surface area (Å²) in [6.45, 7) is 2.08. The first-order chi connectivity index (χ1) is 7.29. The molecule has 2 aromatic rings. The SMILES string of the molecule is CCC(Cl)Cc1cnc2ccccc2n1. The Kier molecular flexibility index (Phi) is 3.17. The molecule has 78 valence electrons. The quantitative estimate of drug-likeness (QED) is 0.743. The lowest BCUT2D eigenvalue weighted by Gasteiger charge is -2.05. The third-order valence-electron chi connectivity index (χ3n) is 2.37. The van der Waals surface area contributed by atoms with E-state index in [0.29, 0.717) is 0 Å². The van der Waals surface area contributed by atoms with Crippen molar-refractivity contribution >= 4 is 22.6 Å². The second-order valence-corrected chi connectivity index (χ2v) is 4.18. The summed E-state index contributed by atoms with van der Waals surface area (Å²) in [4.78, 5) is 8.86. The van der Waals surface area contributed by atoms with Crippen LogP contribution >= 0.6 is 11.6 Å². The molecule has 0 aliphatic carbocycles. The molecule has 0 bridgehead atoms. The first kappa shape index (κ1) is 10.4. The van der Waals surface area contributed by atoms with Crippen LogP contribution in [0.4, 0.5) is 0 Å². The standard InChI is InChI=1S/C12H13ClN2/c1-2-9(13)7-10-8-14-11-5-3-4-6-12(11)15-10/h3-6,8-9H,2,7H2,1H3. The van der Waals surface area contributed by atoms with Gasteiger partial charge in [-0.1, -0.05) is 19.1 Å². The van der Waals surface area contributed by atoms with Gasteiger partial charge in [0.15, 0.2) is 0 Å². The normalized spacial score (nSPS) is 12.9. The Morgan fingerprint density at radius 1 is 1.27 bits per heavy atom. The molecule has 0 saturated heterocycles. The number of fused-ring (bicyclic) bond motifs is 1. The number of benzene rings is 1. The highest BCUT2D eigenvalue weighted by Crippen LogP contribution is 2.12. The van der Waals surface area contributed by atoms with E-state index in [1.807, 2.05) is 30.5 Å². The van der Waals surface area contributed by atoms with Gasteiger partial charge in [0.05, 0.1) is 16.7 Å². The molecule has 15 heavy (non-hydrogen) atoms. The molecule has 1 unspecified atom stereocenters. The van der Waals surface area contributed by atoms with Crippen molar-refractivity contribution in [3.8, 4) is 0 Å². The second kappa shape index (κ2) is 4.58. The highest BCUT2D eigenvalue weighted by Gasteiger charge is 2.05. The number of nitrogens with zero attached hydrogens (tertiary/aromatic N) is 2. The highest BCUT2D eigenvalue weighted by atomic mass is 35.5. The summed E-state index contributed by atoms with van der Waals surface area (Å²) in [5.74, 6) is 0. The van der Waals surface area contributed by atoms with Crippen molar-refractivity contribution < 1.29 is 0 Å². The van der Waals surface area contributed by atoms with Crippen LogP contribution in [0.25, 0.3) is 11.0 Å². The molecule has 2 nitrogen and oxygen atoms in total. The molecule has 1 aromatic carbocycles. The van der Waals surface area contributed by atoms with Gasteiger partial charge < -0.3 is 0 Å². The van der Waals surface area contributed by atoms with E-state index in [1.165, 1.54) is 0 Å². The van der Waals surface area contributed by atoms with Crippen molar-refractivity contribution in [1.82, 2.24) is 9.97 Å². The Bertz CT molecular complexity index is 456. The van der Waals surface area contributed by atoms with Crippen molar-refractivity contribution in [2.45, 2.75) is 25.1 Å². The van der Waals surface area contributed by atoms with Crippen LogP contribution in [0.3, 0.4) is 0 Å². The maximum absolute atomic E-state index is 6.08. The number of halogens is 1. The van der Waals surface area contributed by atoms with E-state index in [0.717, 1.165) is 29.6 Å². The first-order valence-electron chi connectivity index (χ1n) is 5.14. The average molecular weight is 221 g/mol. The summed E-state index contributed by atoms with van der Waals surface area (Å²) in [5, 5.41) is 0.153. The molecule has 0 radical (unpaired) electrons. The Morgan fingerprint density at radius 3 is 2.73 bits per heavy atom. The van der Waals surface area contributed by atoms with Gasteiger partial charge in [-0.05, 0) is 18.6 Å². The summed E-state index contributed by atoms with van der Waals surface area (Å²) in [6, 6.07) is 7.87. The molecule has 0 aliphatic heterocycles. The molecule has 0 amide bonds. The van der Waals surface area contributed by atoms with Crippen LogP contribution in [0.15, 0.2) is 30.5 Å². The summed E-state index contributed by atoms with van der Waals surface area (Å²) in [7, 11) is 0. The summed E-state index contributed by atoms with van der Waals surface area (Å²) >= 11 is 6.08. The minimum absolute atomic E-state index is 0.153. The van der Waals surface area contributed by atoms with Gasteiger partial charge in [0.2, 0.25) is 0 Å². The zero-order valence-electron chi connectivity index (χ0n) is 8.65. The van der Waals surface area contributed by atoms with Crippen LogP contribution in [0.2, 0.25) is 0 Å². The fourth-order valence-corrected chi connectivity index (χ4v) is 1.62. The molecule has 0 saturated carbocycles. The third kappa shape index (κ3) is 2.45. The lowest BCUT2D eigenvalue weighted by atomic mass is 10.2. The van der Waals surface area contributed by atoms with E-state index in [9.17, 15) is 0 Å². The van der Waals surface area contributed by atoms with Gasteiger partial charge in [0.1, 0.15) is 0 Å². The molecule has 1 atom stereocenters. The monoisotopic (exact) mass is 220 g/mol. The molecule has 1 aromatic heterocycles. The molecule has 0 spiro atoms. The van der Waals surface area contributed by atoms with Gasteiger partial charge in [-0.3, -0.25) is 4.98 Å². The lowest BCUT2D eigenvalue weighted by molar-refractivity contribution is 0.786. The van der Waals surface area contributed by atoms with Crippen molar-refractivity contribution in [2.24, 2.45) is 0 Å². The minimum atomic E-state index is 0.153. The van der Waals surface area contributed by atoms with Crippen molar-refractivity contribution in [3.05, 3.63) is 36.2 Å². The zero-order valence-corrected chi connectivity index (χ0v) is 9.41. The van der Waals surface area contributed by atoms with Crippen molar-refractivity contribution in [3.63, 3.8) is 0 Å². The number of hydrogen-bond donors (Lipinski definition) is 0. The number of rotatable bonds is 3. The Morgan fingerprint density at radius 2 is 2.00 bits per heavy atom. The molecule has 2 rings (SSSR count). The second-order valence-electron chi connectivity index (χ2n) is 3.56. The van der Waals surface area contributed by atoms with Crippen LogP contribution < -0.4 is 0 Å². The van der Waals surface area contributed by atoms with E-state index >= 15 is 0 Å². The number of aromatic nitrogens is 2. The largest absolute Gasteiger partial charge is 0.253 e. The zero-order chi connectivity index (χ0) is 10.7. The smallest absolute Gasteiger partial charge is 0.0890 e. The topological polar surface area (TPSA) is 25.8 Å². The summed E-state index contributed by atoms with van der Waals surface area (Å²) in [5.41, 5.74) is 2.84. The molecular weight excluding hydrogens is 208 g/mol. The summed E-state index contributed by atoms with van der Waals surface area (Å²) < 4.78 is 0. The van der Waals surface area contributed by atoms with Crippen molar-refractivity contribution in [2.75, 3.05) is 0 Å². The predicted molar refractivity (Wildman–Crippen MR) is 63.2 cm³/mol. The molecular formula is C12H13ClN2. The maximum atomic E-state index is 6.08. The average Bonchev–Trinajstić information content (AvgIpc) is 2.29. The summed E-state index contributed by atoms with van der Waals surface area (Å²) in [6.07, 6.45) is 3.55. The van der Waals surface area contributed by atoms with E-state index in [4.69, 9.17) is 11.6 Å². The van der Waals surface area contributed by atoms with Crippen LogP contribution in [0, 0.1) is 0 Å². The van der Waals surface area contributed by atoms with Gasteiger partial charge in [-0.25, -0.2) is 4.98 Å². The van der Waals surface area contributed by atoms with Gasteiger partial charge in [0, 0.05) is 18.0 Å².